The quantitative estimate of drug-likeness (QED) is 0.756. The van der Waals surface area contributed by atoms with Gasteiger partial charge in [0.1, 0.15) is 0 Å². The Morgan fingerprint density at radius 3 is 2.79 bits per heavy atom. The summed E-state index contributed by atoms with van der Waals surface area (Å²) in [5, 5.41) is 7.66. The van der Waals surface area contributed by atoms with Gasteiger partial charge in [0.15, 0.2) is 0 Å². The summed E-state index contributed by atoms with van der Waals surface area (Å²) < 4.78 is 11.3. The fourth-order valence-corrected chi connectivity index (χ4v) is 5.07. The molecule has 2 saturated heterocycles. The van der Waals surface area contributed by atoms with Crippen molar-refractivity contribution in [3.63, 3.8) is 0 Å². The lowest BCUT2D eigenvalue weighted by atomic mass is 9.93. The highest BCUT2D eigenvalue weighted by Gasteiger charge is 2.35. The van der Waals surface area contributed by atoms with Crippen LogP contribution in [0.15, 0.2) is 24.3 Å². The number of nitrogens with zero attached hydrogens (tertiary/aromatic N) is 1. The minimum absolute atomic E-state index is 0. The van der Waals surface area contributed by atoms with Gasteiger partial charge in [-0.3, -0.25) is 4.90 Å². The normalized spacial score (nSPS) is 30.0. The number of ether oxygens (including phenoxy) is 2. The lowest BCUT2D eigenvalue weighted by Crippen LogP contribution is -2.52. The van der Waals surface area contributed by atoms with Crippen LogP contribution in [0.4, 0.5) is 0 Å². The van der Waals surface area contributed by atoms with Gasteiger partial charge in [0.05, 0.1) is 26.4 Å². The molecule has 3 fully saturated rings. The van der Waals surface area contributed by atoms with Crippen molar-refractivity contribution in [1.29, 1.82) is 0 Å². The number of aryl methyl sites for hydroxylation is 1. The van der Waals surface area contributed by atoms with Crippen LogP contribution in [0.2, 0.25) is 0 Å². The van der Waals surface area contributed by atoms with Crippen LogP contribution in [-0.4, -0.2) is 69.6 Å². The van der Waals surface area contributed by atoms with Crippen molar-refractivity contribution in [2.75, 3.05) is 52.6 Å². The third-order valence-electron chi connectivity index (χ3n) is 6.52. The number of nitrogens with one attached hydrogen (secondary N) is 2. The molecule has 0 bridgehead atoms. The second-order valence-electron chi connectivity index (χ2n) is 8.32. The molecule has 2 N–H and O–H groups in total. The van der Waals surface area contributed by atoms with E-state index in [1.165, 1.54) is 30.4 Å². The van der Waals surface area contributed by atoms with E-state index in [0.717, 1.165) is 52.6 Å². The Bertz CT molecular complexity index is 591. The molecule has 158 valence electrons. The van der Waals surface area contributed by atoms with Gasteiger partial charge in [0.25, 0.3) is 0 Å². The minimum Gasteiger partial charge on any atom is -0.379 e. The van der Waals surface area contributed by atoms with Gasteiger partial charge in [-0.05, 0) is 31.2 Å². The fourth-order valence-electron chi connectivity index (χ4n) is 5.07. The zero-order valence-corrected chi connectivity index (χ0v) is 17.9. The molecule has 5 nitrogen and oxygen atoms in total. The average molecular weight is 410 g/mol. The molecule has 4 atom stereocenters. The van der Waals surface area contributed by atoms with E-state index >= 15 is 0 Å². The largest absolute Gasteiger partial charge is 0.379 e. The molecule has 0 spiro atoms. The first-order valence-corrected chi connectivity index (χ1v) is 10.7. The van der Waals surface area contributed by atoms with Crippen molar-refractivity contribution in [3.8, 4) is 0 Å². The third kappa shape index (κ3) is 5.47. The van der Waals surface area contributed by atoms with Gasteiger partial charge in [-0.2, -0.15) is 0 Å². The first-order chi connectivity index (χ1) is 13.3. The minimum atomic E-state index is 0. The SMILES string of the molecule is Cc1cccc(C(CNC2CCCC2C2COCCN2)N2CCOCC2)c1.Cl. The summed E-state index contributed by atoms with van der Waals surface area (Å²) in [7, 11) is 0. The Hall–Kier alpha value is -0.690. The first kappa shape index (κ1) is 22.0. The lowest BCUT2D eigenvalue weighted by molar-refractivity contribution is 0.0144. The summed E-state index contributed by atoms with van der Waals surface area (Å²) in [6, 6.07) is 10.6. The summed E-state index contributed by atoms with van der Waals surface area (Å²) in [5.74, 6) is 0.688. The Balaban J connectivity index is 0.00000225. The molecule has 1 aliphatic carbocycles. The molecule has 1 aromatic carbocycles. The van der Waals surface area contributed by atoms with Crippen molar-refractivity contribution in [2.45, 2.75) is 44.3 Å². The Labute approximate surface area is 175 Å². The smallest absolute Gasteiger partial charge is 0.0623 e. The maximum absolute atomic E-state index is 5.73. The molecule has 28 heavy (non-hydrogen) atoms. The zero-order valence-electron chi connectivity index (χ0n) is 17.1. The van der Waals surface area contributed by atoms with Gasteiger partial charge < -0.3 is 20.1 Å². The number of benzene rings is 1. The van der Waals surface area contributed by atoms with Crippen LogP contribution in [0.25, 0.3) is 0 Å². The van der Waals surface area contributed by atoms with Gasteiger partial charge in [-0.1, -0.05) is 36.2 Å². The van der Waals surface area contributed by atoms with E-state index in [1.54, 1.807) is 0 Å². The van der Waals surface area contributed by atoms with E-state index in [0.29, 0.717) is 24.0 Å². The van der Waals surface area contributed by atoms with Crippen LogP contribution in [0, 0.1) is 12.8 Å². The van der Waals surface area contributed by atoms with Crippen LogP contribution < -0.4 is 10.6 Å². The number of rotatable bonds is 6. The molecule has 0 amide bonds. The van der Waals surface area contributed by atoms with E-state index in [2.05, 4.69) is 46.7 Å². The van der Waals surface area contributed by atoms with Crippen molar-refractivity contribution >= 4 is 12.4 Å². The standard InChI is InChI=1S/C22H35N3O2.ClH/c1-17-4-2-5-18(14-17)22(25-9-12-26-13-10-25)15-24-20-7-3-6-19(20)21-16-27-11-8-23-21;/h2,4-5,14,19-24H,3,6-13,15-16H2,1H3;1H. The van der Waals surface area contributed by atoms with Crippen LogP contribution in [-0.2, 0) is 9.47 Å². The van der Waals surface area contributed by atoms with Crippen molar-refractivity contribution < 1.29 is 9.47 Å². The monoisotopic (exact) mass is 409 g/mol. The summed E-state index contributed by atoms with van der Waals surface area (Å²) in [5.41, 5.74) is 2.77. The summed E-state index contributed by atoms with van der Waals surface area (Å²) >= 11 is 0. The molecule has 2 aliphatic heterocycles. The highest BCUT2D eigenvalue weighted by Crippen LogP contribution is 2.30. The second-order valence-corrected chi connectivity index (χ2v) is 8.32. The molecule has 1 aromatic rings. The molecule has 6 heteroatoms. The molecule has 1 saturated carbocycles. The number of halogens is 1. The number of hydrogen-bond donors (Lipinski definition) is 2. The first-order valence-electron chi connectivity index (χ1n) is 10.7. The Kier molecular flexibility index (Phi) is 8.57. The number of hydrogen-bond acceptors (Lipinski definition) is 5. The Morgan fingerprint density at radius 2 is 2.04 bits per heavy atom. The molecule has 0 aromatic heterocycles. The van der Waals surface area contributed by atoms with E-state index in [9.17, 15) is 0 Å². The van der Waals surface area contributed by atoms with Gasteiger partial charge in [0.2, 0.25) is 0 Å². The Morgan fingerprint density at radius 1 is 1.18 bits per heavy atom. The van der Waals surface area contributed by atoms with Crippen molar-refractivity contribution in [2.24, 2.45) is 5.92 Å². The van der Waals surface area contributed by atoms with E-state index in [4.69, 9.17) is 9.47 Å². The predicted molar refractivity (Wildman–Crippen MR) is 115 cm³/mol. The van der Waals surface area contributed by atoms with Gasteiger partial charge in [0, 0.05) is 44.3 Å². The van der Waals surface area contributed by atoms with Gasteiger partial charge in [-0.25, -0.2) is 0 Å². The maximum Gasteiger partial charge on any atom is 0.0623 e. The van der Waals surface area contributed by atoms with E-state index in [1.807, 2.05) is 0 Å². The average Bonchev–Trinajstić information content (AvgIpc) is 3.18. The third-order valence-corrected chi connectivity index (χ3v) is 6.52. The van der Waals surface area contributed by atoms with Gasteiger partial charge in [-0.15, -0.1) is 12.4 Å². The second kappa shape index (κ2) is 10.9. The van der Waals surface area contributed by atoms with Crippen molar-refractivity contribution in [3.05, 3.63) is 35.4 Å². The number of morpholine rings is 2. The predicted octanol–water partition coefficient (Wildman–Crippen LogP) is 2.54. The fraction of sp³-hybridized carbons (Fsp3) is 0.727. The molecule has 3 aliphatic rings. The summed E-state index contributed by atoms with van der Waals surface area (Å²) in [6.45, 7) is 9.65. The van der Waals surface area contributed by atoms with Gasteiger partial charge >= 0.3 is 0 Å². The molecule has 4 unspecified atom stereocenters. The maximum atomic E-state index is 5.73. The van der Waals surface area contributed by atoms with E-state index in [-0.39, 0.29) is 12.4 Å². The molecular weight excluding hydrogens is 374 g/mol. The van der Waals surface area contributed by atoms with Crippen LogP contribution in [0.3, 0.4) is 0 Å². The highest BCUT2D eigenvalue weighted by atomic mass is 35.5. The molecule has 2 heterocycles. The highest BCUT2D eigenvalue weighted by molar-refractivity contribution is 5.85. The lowest BCUT2D eigenvalue weighted by Gasteiger charge is -2.37. The van der Waals surface area contributed by atoms with Crippen LogP contribution in [0.5, 0.6) is 0 Å². The molecular formula is C22H36ClN3O2. The molecule has 4 rings (SSSR count). The van der Waals surface area contributed by atoms with Crippen molar-refractivity contribution in [1.82, 2.24) is 15.5 Å². The summed E-state index contributed by atoms with van der Waals surface area (Å²) in [6.07, 6.45) is 3.92. The van der Waals surface area contributed by atoms with E-state index < -0.39 is 0 Å². The zero-order chi connectivity index (χ0) is 18.5. The van der Waals surface area contributed by atoms with Crippen LogP contribution in [0.1, 0.15) is 36.4 Å². The topological polar surface area (TPSA) is 45.8 Å². The molecule has 0 radical (unpaired) electrons. The van der Waals surface area contributed by atoms with Crippen LogP contribution >= 0.6 is 12.4 Å². The summed E-state index contributed by atoms with van der Waals surface area (Å²) in [4.78, 5) is 2.59.